The number of hydrogen-bond donors (Lipinski definition) is 0. The Labute approximate surface area is 148 Å². The van der Waals surface area contributed by atoms with E-state index in [4.69, 9.17) is 0 Å². The van der Waals surface area contributed by atoms with Gasteiger partial charge in [0.25, 0.3) is 0 Å². The molecule has 5 nitrogen and oxygen atoms in total. The van der Waals surface area contributed by atoms with Crippen LogP contribution in [0.5, 0.6) is 0 Å². The van der Waals surface area contributed by atoms with E-state index in [9.17, 15) is 4.39 Å². The summed E-state index contributed by atoms with van der Waals surface area (Å²) in [4.78, 5) is 16.0. The van der Waals surface area contributed by atoms with E-state index in [0.717, 1.165) is 56.7 Å². The van der Waals surface area contributed by atoms with E-state index in [1.54, 1.807) is 6.07 Å². The van der Waals surface area contributed by atoms with Crippen molar-refractivity contribution >= 4 is 17.3 Å². The lowest BCUT2D eigenvalue weighted by Gasteiger charge is -2.37. The molecule has 0 unspecified atom stereocenters. The van der Waals surface area contributed by atoms with Crippen LogP contribution >= 0.6 is 0 Å². The Morgan fingerprint density at radius 2 is 1.36 bits per heavy atom. The van der Waals surface area contributed by atoms with Crippen molar-refractivity contribution in [3.63, 3.8) is 0 Å². The first kappa shape index (κ1) is 16.1. The summed E-state index contributed by atoms with van der Waals surface area (Å²) >= 11 is 0. The Hall–Kier alpha value is -2.37. The number of nitrogens with zero attached hydrogens (tertiary/aromatic N) is 5. The van der Waals surface area contributed by atoms with Gasteiger partial charge >= 0.3 is 0 Å². The molecule has 0 saturated carbocycles. The number of halogens is 1. The zero-order valence-corrected chi connectivity index (χ0v) is 14.7. The summed E-state index contributed by atoms with van der Waals surface area (Å²) in [5, 5.41) is 0. The molecule has 132 valence electrons. The number of aryl methyl sites for hydroxylation is 1. The lowest BCUT2D eigenvalue weighted by molar-refractivity contribution is 0.596. The smallest absolute Gasteiger partial charge is 0.146 e. The van der Waals surface area contributed by atoms with Crippen LogP contribution in [0.3, 0.4) is 0 Å². The summed E-state index contributed by atoms with van der Waals surface area (Å²) in [5.74, 6) is 2.69. The molecular weight excluding hydrogens is 317 g/mol. The third-order valence-corrected chi connectivity index (χ3v) is 5.04. The van der Waals surface area contributed by atoms with Crippen molar-refractivity contribution in [3.8, 4) is 0 Å². The monoisotopic (exact) mass is 341 g/mol. The summed E-state index contributed by atoms with van der Waals surface area (Å²) in [6.45, 7) is 7.38. The molecule has 4 rings (SSSR count). The molecule has 6 heteroatoms. The number of aromatic nitrogens is 2. The van der Waals surface area contributed by atoms with Gasteiger partial charge in [-0.3, -0.25) is 0 Å². The molecule has 0 spiro atoms. The maximum atomic E-state index is 14.0. The van der Waals surface area contributed by atoms with E-state index in [1.807, 2.05) is 19.1 Å². The van der Waals surface area contributed by atoms with Crippen LogP contribution in [0.15, 0.2) is 30.3 Å². The van der Waals surface area contributed by atoms with Crippen LogP contribution in [0, 0.1) is 12.7 Å². The minimum atomic E-state index is -0.148. The van der Waals surface area contributed by atoms with Gasteiger partial charge in [0, 0.05) is 45.3 Å². The molecule has 3 heterocycles. The van der Waals surface area contributed by atoms with Gasteiger partial charge in [0.05, 0.1) is 5.69 Å². The second-order valence-electron chi connectivity index (χ2n) is 6.75. The SMILES string of the molecule is Cc1nc(N2CCCC2)cc(N2CCN(c3ccccc3F)CC2)n1. The Bertz CT molecular complexity index is 736. The van der Waals surface area contributed by atoms with Gasteiger partial charge in [0.2, 0.25) is 0 Å². The first-order valence-electron chi connectivity index (χ1n) is 9.06. The van der Waals surface area contributed by atoms with Crippen LogP contribution in [0.4, 0.5) is 21.7 Å². The second-order valence-corrected chi connectivity index (χ2v) is 6.75. The van der Waals surface area contributed by atoms with Crippen molar-refractivity contribution in [1.29, 1.82) is 0 Å². The van der Waals surface area contributed by atoms with Crippen LogP contribution in [-0.2, 0) is 0 Å². The highest BCUT2D eigenvalue weighted by molar-refractivity contribution is 5.54. The van der Waals surface area contributed by atoms with Gasteiger partial charge in [-0.25, -0.2) is 14.4 Å². The third-order valence-electron chi connectivity index (χ3n) is 5.04. The average molecular weight is 341 g/mol. The first-order chi connectivity index (χ1) is 12.2. The van der Waals surface area contributed by atoms with Crippen LogP contribution < -0.4 is 14.7 Å². The first-order valence-corrected chi connectivity index (χ1v) is 9.06. The fourth-order valence-electron chi connectivity index (χ4n) is 3.69. The highest BCUT2D eigenvalue weighted by Crippen LogP contribution is 2.25. The molecule has 25 heavy (non-hydrogen) atoms. The maximum Gasteiger partial charge on any atom is 0.146 e. The number of piperazine rings is 1. The van der Waals surface area contributed by atoms with Gasteiger partial charge in [-0.1, -0.05) is 12.1 Å². The normalized spacial score (nSPS) is 18.1. The predicted molar refractivity (Wildman–Crippen MR) is 99.0 cm³/mol. The zero-order chi connectivity index (χ0) is 17.2. The van der Waals surface area contributed by atoms with E-state index in [2.05, 4.69) is 30.7 Å². The fourth-order valence-corrected chi connectivity index (χ4v) is 3.69. The Morgan fingerprint density at radius 1 is 0.800 bits per heavy atom. The highest BCUT2D eigenvalue weighted by Gasteiger charge is 2.22. The molecular formula is C19H24FN5. The number of rotatable bonds is 3. The molecule has 0 amide bonds. The maximum absolute atomic E-state index is 14.0. The summed E-state index contributed by atoms with van der Waals surface area (Å²) in [7, 11) is 0. The summed E-state index contributed by atoms with van der Waals surface area (Å²) < 4.78 is 14.0. The lowest BCUT2D eigenvalue weighted by Crippen LogP contribution is -2.47. The van der Waals surface area contributed by atoms with Crippen molar-refractivity contribution in [3.05, 3.63) is 42.0 Å². The highest BCUT2D eigenvalue weighted by atomic mass is 19.1. The van der Waals surface area contributed by atoms with Gasteiger partial charge in [0.1, 0.15) is 23.3 Å². The van der Waals surface area contributed by atoms with E-state index in [-0.39, 0.29) is 5.82 Å². The summed E-state index contributed by atoms with van der Waals surface area (Å²) in [5.41, 5.74) is 0.693. The van der Waals surface area contributed by atoms with Gasteiger partial charge in [0.15, 0.2) is 0 Å². The standard InChI is InChI=1S/C19H24FN5/c1-15-21-18(24-8-4-5-9-24)14-19(22-15)25-12-10-23(11-13-25)17-7-3-2-6-16(17)20/h2-3,6-7,14H,4-5,8-13H2,1H3. The second kappa shape index (κ2) is 6.86. The summed E-state index contributed by atoms with van der Waals surface area (Å²) in [6, 6.07) is 9.11. The van der Waals surface area contributed by atoms with Gasteiger partial charge in [-0.15, -0.1) is 0 Å². The van der Waals surface area contributed by atoms with Crippen LogP contribution in [-0.4, -0.2) is 49.2 Å². The van der Waals surface area contributed by atoms with Crippen molar-refractivity contribution in [2.45, 2.75) is 19.8 Å². The number of anilines is 3. The van der Waals surface area contributed by atoms with Gasteiger partial charge in [-0.2, -0.15) is 0 Å². The average Bonchev–Trinajstić information content (AvgIpc) is 3.17. The zero-order valence-electron chi connectivity index (χ0n) is 14.7. The number of benzene rings is 1. The Balaban J connectivity index is 1.48. The molecule has 2 aliphatic rings. The van der Waals surface area contributed by atoms with E-state index in [1.165, 1.54) is 18.9 Å². The molecule has 2 aromatic rings. The van der Waals surface area contributed by atoms with Crippen LogP contribution in [0.25, 0.3) is 0 Å². The van der Waals surface area contributed by atoms with Crippen LogP contribution in [0.1, 0.15) is 18.7 Å². The molecule has 2 saturated heterocycles. The molecule has 0 radical (unpaired) electrons. The number of para-hydroxylation sites is 1. The van der Waals surface area contributed by atoms with Crippen LogP contribution in [0.2, 0.25) is 0 Å². The predicted octanol–water partition coefficient (Wildman–Crippen LogP) is 2.85. The molecule has 0 bridgehead atoms. The van der Waals surface area contributed by atoms with Crippen molar-refractivity contribution in [2.24, 2.45) is 0 Å². The van der Waals surface area contributed by atoms with Gasteiger partial charge in [-0.05, 0) is 31.9 Å². The largest absolute Gasteiger partial charge is 0.366 e. The van der Waals surface area contributed by atoms with E-state index >= 15 is 0 Å². The van der Waals surface area contributed by atoms with Crippen molar-refractivity contribution < 1.29 is 4.39 Å². The van der Waals surface area contributed by atoms with Crippen molar-refractivity contribution in [1.82, 2.24) is 9.97 Å². The number of hydrogen-bond acceptors (Lipinski definition) is 5. The molecule has 2 fully saturated rings. The van der Waals surface area contributed by atoms with E-state index in [0.29, 0.717) is 5.69 Å². The third kappa shape index (κ3) is 3.38. The molecule has 1 aromatic heterocycles. The Morgan fingerprint density at radius 3 is 2.00 bits per heavy atom. The quantitative estimate of drug-likeness (QED) is 0.858. The fraction of sp³-hybridized carbons (Fsp3) is 0.474. The Kier molecular flexibility index (Phi) is 4.42. The van der Waals surface area contributed by atoms with E-state index < -0.39 is 0 Å². The minimum absolute atomic E-state index is 0.148. The molecule has 0 aliphatic carbocycles. The summed E-state index contributed by atoms with van der Waals surface area (Å²) in [6.07, 6.45) is 2.47. The molecule has 1 aromatic carbocycles. The molecule has 0 N–H and O–H groups in total. The molecule has 2 aliphatic heterocycles. The van der Waals surface area contributed by atoms with Gasteiger partial charge < -0.3 is 14.7 Å². The minimum Gasteiger partial charge on any atom is -0.366 e. The molecule has 0 atom stereocenters. The lowest BCUT2D eigenvalue weighted by atomic mass is 10.2. The van der Waals surface area contributed by atoms with Crippen molar-refractivity contribution in [2.75, 3.05) is 54.0 Å². The topological polar surface area (TPSA) is 35.5 Å².